The van der Waals surface area contributed by atoms with Gasteiger partial charge < -0.3 is 15.5 Å². The van der Waals surface area contributed by atoms with E-state index in [0.29, 0.717) is 36.8 Å². The number of likely N-dealkylation sites (tertiary alicyclic amines) is 1. The summed E-state index contributed by atoms with van der Waals surface area (Å²) < 4.78 is 25.9. The number of guanidine groups is 1. The first-order valence-corrected chi connectivity index (χ1v) is 12.5. The summed E-state index contributed by atoms with van der Waals surface area (Å²) in [4.78, 5) is 18.6. The SMILES string of the molecule is CCN=C(NC1CCN(C(=O)CC)C1)NC(CC)CS(=O)(=O)c1ccc(C)c(C)c1. The average Bonchev–Trinajstić information content (AvgIpc) is 3.17. The fourth-order valence-corrected chi connectivity index (χ4v) is 5.21. The van der Waals surface area contributed by atoms with Crippen LogP contribution in [-0.4, -0.2) is 62.7 Å². The van der Waals surface area contributed by atoms with Crippen LogP contribution in [0.1, 0.15) is 51.2 Å². The Bertz CT molecular complexity index is 867. The van der Waals surface area contributed by atoms with Gasteiger partial charge in [0.15, 0.2) is 15.8 Å². The van der Waals surface area contributed by atoms with Crippen molar-refractivity contribution in [1.82, 2.24) is 15.5 Å². The van der Waals surface area contributed by atoms with Gasteiger partial charge in [-0.05, 0) is 56.9 Å². The molecule has 0 aromatic heterocycles. The van der Waals surface area contributed by atoms with Crippen LogP contribution in [0.4, 0.5) is 0 Å². The van der Waals surface area contributed by atoms with Gasteiger partial charge in [0.25, 0.3) is 0 Å². The lowest BCUT2D eigenvalue weighted by atomic mass is 10.1. The first-order chi connectivity index (χ1) is 14.2. The normalized spacial score (nSPS) is 18.4. The molecule has 1 aromatic rings. The number of aliphatic imine (C=N–C) groups is 1. The Morgan fingerprint density at radius 1 is 1.23 bits per heavy atom. The number of nitrogens with zero attached hydrogens (tertiary/aromatic N) is 2. The molecular formula is C22H36N4O3S. The molecule has 1 saturated heterocycles. The fraction of sp³-hybridized carbons (Fsp3) is 0.636. The van der Waals surface area contributed by atoms with E-state index in [1.165, 1.54) is 0 Å². The van der Waals surface area contributed by atoms with Gasteiger partial charge in [-0.25, -0.2) is 8.42 Å². The Labute approximate surface area is 181 Å². The average molecular weight is 437 g/mol. The van der Waals surface area contributed by atoms with Crippen molar-refractivity contribution in [3.05, 3.63) is 29.3 Å². The van der Waals surface area contributed by atoms with Crippen molar-refractivity contribution in [2.75, 3.05) is 25.4 Å². The summed E-state index contributed by atoms with van der Waals surface area (Å²) in [6, 6.07) is 5.14. The predicted octanol–water partition coefficient (Wildman–Crippen LogP) is 2.42. The van der Waals surface area contributed by atoms with Crippen molar-refractivity contribution in [3.8, 4) is 0 Å². The summed E-state index contributed by atoms with van der Waals surface area (Å²) in [6.45, 7) is 11.6. The van der Waals surface area contributed by atoms with Crippen LogP contribution in [0, 0.1) is 13.8 Å². The van der Waals surface area contributed by atoms with E-state index in [9.17, 15) is 13.2 Å². The molecule has 1 fully saturated rings. The Morgan fingerprint density at radius 2 is 1.97 bits per heavy atom. The molecule has 0 bridgehead atoms. The maximum Gasteiger partial charge on any atom is 0.222 e. The largest absolute Gasteiger partial charge is 0.353 e. The van der Waals surface area contributed by atoms with E-state index in [2.05, 4.69) is 15.6 Å². The van der Waals surface area contributed by atoms with Gasteiger partial charge in [0.1, 0.15) is 0 Å². The molecule has 0 radical (unpaired) electrons. The Morgan fingerprint density at radius 3 is 2.57 bits per heavy atom. The molecule has 2 atom stereocenters. The van der Waals surface area contributed by atoms with E-state index in [1.807, 2.05) is 45.6 Å². The summed E-state index contributed by atoms with van der Waals surface area (Å²) in [7, 11) is -3.42. The number of sulfone groups is 1. The fourth-order valence-electron chi connectivity index (χ4n) is 3.54. The van der Waals surface area contributed by atoms with Crippen LogP contribution in [0.3, 0.4) is 0 Å². The van der Waals surface area contributed by atoms with Crippen LogP contribution in [0.25, 0.3) is 0 Å². The second kappa shape index (κ2) is 10.8. The van der Waals surface area contributed by atoms with Gasteiger partial charge in [-0.15, -0.1) is 0 Å². The molecule has 0 spiro atoms. The standard InChI is InChI=1S/C22H36N4O3S/c1-6-18(15-30(28,29)20-10-9-16(4)17(5)13-20)24-22(23-8-3)25-19-11-12-26(14-19)21(27)7-2/h9-10,13,18-19H,6-8,11-12,14-15H2,1-5H3,(H2,23,24,25). The predicted molar refractivity (Wildman–Crippen MR) is 122 cm³/mol. The Hall–Kier alpha value is -2.09. The van der Waals surface area contributed by atoms with Gasteiger partial charge in [-0.1, -0.05) is 19.9 Å². The number of benzene rings is 1. The number of aryl methyl sites for hydroxylation is 2. The number of hydrogen-bond acceptors (Lipinski definition) is 4. The highest BCUT2D eigenvalue weighted by Gasteiger charge is 2.27. The lowest BCUT2D eigenvalue weighted by Crippen LogP contribution is -2.50. The zero-order valence-corrected chi connectivity index (χ0v) is 19.7. The quantitative estimate of drug-likeness (QED) is 0.482. The maximum absolute atomic E-state index is 13.0. The number of hydrogen-bond donors (Lipinski definition) is 2. The molecule has 2 rings (SSSR count). The van der Waals surface area contributed by atoms with Gasteiger partial charge in [-0.2, -0.15) is 0 Å². The molecule has 1 aliphatic heterocycles. The third-order valence-electron chi connectivity index (χ3n) is 5.59. The van der Waals surface area contributed by atoms with Crippen LogP contribution < -0.4 is 10.6 Å². The van der Waals surface area contributed by atoms with E-state index < -0.39 is 9.84 Å². The van der Waals surface area contributed by atoms with Crippen molar-refractivity contribution < 1.29 is 13.2 Å². The summed E-state index contributed by atoms with van der Waals surface area (Å²) in [5, 5.41) is 6.68. The second-order valence-electron chi connectivity index (χ2n) is 7.92. The first kappa shape index (κ1) is 24.2. The van der Waals surface area contributed by atoms with Crippen molar-refractivity contribution in [2.24, 2.45) is 4.99 Å². The van der Waals surface area contributed by atoms with Crippen LogP contribution in [0.2, 0.25) is 0 Å². The number of carbonyl (C=O) groups excluding carboxylic acids is 1. The lowest BCUT2D eigenvalue weighted by molar-refractivity contribution is -0.129. The molecule has 2 N–H and O–H groups in total. The third-order valence-corrected chi connectivity index (χ3v) is 7.41. The topological polar surface area (TPSA) is 90.9 Å². The molecule has 1 amide bonds. The minimum atomic E-state index is -3.42. The Balaban J connectivity index is 2.05. The first-order valence-electron chi connectivity index (χ1n) is 10.8. The second-order valence-corrected chi connectivity index (χ2v) is 9.96. The minimum absolute atomic E-state index is 0.00152. The summed E-state index contributed by atoms with van der Waals surface area (Å²) in [5.41, 5.74) is 2.05. The summed E-state index contributed by atoms with van der Waals surface area (Å²) in [5.74, 6) is 0.768. The third kappa shape index (κ3) is 6.45. The van der Waals surface area contributed by atoms with Crippen LogP contribution >= 0.6 is 0 Å². The zero-order valence-electron chi connectivity index (χ0n) is 18.9. The molecule has 168 valence electrons. The van der Waals surface area contributed by atoms with E-state index in [0.717, 1.165) is 24.1 Å². The summed E-state index contributed by atoms with van der Waals surface area (Å²) >= 11 is 0. The van der Waals surface area contributed by atoms with Gasteiger partial charge in [0, 0.05) is 38.1 Å². The molecule has 0 saturated carbocycles. The van der Waals surface area contributed by atoms with Gasteiger partial charge >= 0.3 is 0 Å². The van der Waals surface area contributed by atoms with Gasteiger partial charge in [0.05, 0.1) is 10.6 Å². The van der Waals surface area contributed by atoms with Crippen molar-refractivity contribution in [1.29, 1.82) is 0 Å². The van der Waals surface area contributed by atoms with Crippen molar-refractivity contribution >= 4 is 21.7 Å². The molecular weight excluding hydrogens is 400 g/mol. The van der Waals surface area contributed by atoms with Gasteiger partial charge in [0.2, 0.25) is 5.91 Å². The number of carbonyl (C=O) groups is 1. The molecule has 2 unspecified atom stereocenters. The van der Waals surface area contributed by atoms with E-state index in [4.69, 9.17) is 0 Å². The van der Waals surface area contributed by atoms with E-state index >= 15 is 0 Å². The highest BCUT2D eigenvalue weighted by molar-refractivity contribution is 7.91. The molecule has 7 nitrogen and oxygen atoms in total. The molecule has 1 aromatic carbocycles. The summed E-state index contributed by atoms with van der Waals surface area (Å²) in [6.07, 6.45) is 2.02. The highest BCUT2D eigenvalue weighted by atomic mass is 32.2. The number of nitrogens with one attached hydrogen (secondary N) is 2. The number of amides is 1. The Kier molecular flexibility index (Phi) is 8.70. The number of rotatable bonds is 8. The van der Waals surface area contributed by atoms with Crippen molar-refractivity contribution in [3.63, 3.8) is 0 Å². The van der Waals surface area contributed by atoms with E-state index in [1.54, 1.807) is 12.1 Å². The van der Waals surface area contributed by atoms with E-state index in [-0.39, 0.29) is 23.7 Å². The molecule has 0 aliphatic carbocycles. The van der Waals surface area contributed by atoms with Crippen LogP contribution in [-0.2, 0) is 14.6 Å². The van der Waals surface area contributed by atoms with Crippen LogP contribution in [0.15, 0.2) is 28.1 Å². The minimum Gasteiger partial charge on any atom is -0.353 e. The van der Waals surface area contributed by atoms with Crippen LogP contribution in [0.5, 0.6) is 0 Å². The monoisotopic (exact) mass is 436 g/mol. The lowest BCUT2D eigenvalue weighted by Gasteiger charge is -2.23. The van der Waals surface area contributed by atoms with Crippen molar-refractivity contribution in [2.45, 2.75) is 70.9 Å². The molecule has 1 aliphatic rings. The molecule has 30 heavy (non-hydrogen) atoms. The highest BCUT2D eigenvalue weighted by Crippen LogP contribution is 2.17. The zero-order chi connectivity index (χ0) is 22.3. The molecule has 1 heterocycles. The van der Waals surface area contributed by atoms with Gasteiger partial charge in [-0.3, -0.25) is 9.79 Å². The maximum atomic E-state index is 13.0. The molecule has 8 heteroatoms. The smallest absolute Gasteiger partial charge is 0.222 e.